The van der Waals surface area contributed by atoms with Crippen molar-refractivity contribution in [2.24, 2.45) is 0 Å². The van der Waals surface area contributed by atoms with Gasteiger partial charge >= 0.3 is 5.97 Å². The van der Waals surface area contributed by atoms with E-state index in [0.29, 0.717) is 19.3 Å². The zero-order valence-electron chi connectivity index (χ0n) is 7.41. The Morgan fingerprint density at radius 2 is 2.17 bits per heavy atom. The maximum Gasteiger partial charge on any atom is 0.335 e. The van der Waals surface area contributed by atoms with Gasteiger partial charge in [-0.2, -0.15) is 0 Å². The van der Waals surface area contributed by atoms with Gasteiger partial charge in [0.25, 0.3) is 0 Å². The van der Waals surface area contributed by atoms with E-state index in [9.17, 15) is 9.59 Å². The molecule has 0 radical (unpaired) electrons. The van der Waals surface area contributed by atoms with Gasteiger partial charge in [-0.15, -0.1) is 0 Å². The molecule has 0 fully saturated rings. The lowest BCUT2D eigenvalue weighted by Crippen LogP contribution is -2.26. The summed E-state index contributed by atoms with van der Waals surface area (Å²) >= 11 is 0. The summed E-state index contributed by atoms with van der Waals surface area (Å²) in [7, 11) is 0. The second kappa shape index (κ2) is 6.79. The zero-order valence-corrected chi connectivity index (χ0v) is 7.41. The molecule has 0 aromatic heterocycles. The van der Waals surface area contributed by atoms with Crippen molar-refractivity contribution < 1.29 is 19.1 Å². The summed E-state index contributed by atoms with van der Waals surface area (Å²) in [6.45, 7) is 3.90. The summed E-state index contributed by atoms with van der Waals surface area (Å²) < 4.78 is 9.62. The molecule has 4 heteroatoms. The standard InChI is InChI=1S/C8H14O4/c1-3-7(11-4-2)8(10)12-6-5-9/h5,7H,3-4,6H2,1-2H3. The molecule has 0 aliphatic heterocycles. The summed E-state index contributed by atoms with van der Waals surface area (Å²) in [5.74, 6) is -0.466. The van der Waals surface area contributed by atoms with E-state index in [0.717, 1.165) is 0 Å². The van der Waals surface area contributed by atoms with Crippen molar-refractivity contribution >= 4 is 12.3 Å². The Kier molecular flexibility index (Phi) is 6.28. The van der Waals surface area contributed by atoms with Gasteiger partial charge in [-0.1, -0.05) is 6.92 Å². The Morgan fingerprint density at radius 3 is 2.58 bits per heavy atom. The van der Waals surface area contributed by atoms with Crippen LogP contribution < -0.4 is 0 Å². The minimum Gasteiger partial charge on any atom is -0.456 e. The molecule has 0 saturated carbocycles. The predicted molar refractivity (Wildman–Crippen MR) is 42.7 cm³/mol. The minimum atomic E-state index is -0.532. The van der Waals surface area contributed by atoms with Crippen molar-refractivity contribution in [3.8, 4) is 0 Å². The van der Waals surface area contributed by atoms with Gasteiger partial charge in [-0.25, -0.2) is 4.79 Å². The van der Waals surface area contributed by atoms with E-state index in [4.69, 9.17) is 4.74 Å². The first-order valence-electron chi connectivity index (χ1n) is 3.98. The lowest BCUT2D eigenvalue weighted by atomic mass is 10.3. The van der Waals surface area contributed by atoms with Crippen LogP contribution >= 0.6 is 0 Å². The van der Waals surface area contributed by atoms with Gasteiger partial charge in [0.2, 0.25) is 0 Å². The summed E-state index contributed by atoms with van der Waals surface area (Å²) in [5.41, 5.74) is 0. The van der Waals surface area contributed by atoms with Crippen LogP contribution in [0.4, 0.5) is 0 Å². The van der Waals surface area contributed by atoms with Crippen LogP contribution in [0.1, 0.15) is 20.3 Å². The summed E-state index contributed by atoms with van der Waals surface area (Å²) in [4.78, 5) is 20.9. The van der Waals surface area contributed by atoms with Crippen LogP contribution in [0.3, 0.4) is 0 Å². The topological polar surface area (TPSA) is 52.6 Å². The highest BCUT2D eigenvalue weighted by Crippen LogP contribution is 2.00. The van der Waals surface area contributed by atoms with Crippen molar-refractivity contribution in [3.63, 3.8) is 0 Å². The van der Waals surface area contributed by atoms with E-state index in [2.05, 4.69) is 4.74 Å². The quantitative estimate of drug-likeness (QED) is 0.435. The van der Waals surface area contributed by atoms with Gasteiger partial charge < -0.3 is 9.47 Å². The molecule has 1 unspecified atom stereocenters. The molecule has 0 spiro atoms. The average molecular weight is 174 g/mol. The molecule has 0 rings (SSSR count). The molecule has 0 heterocycles. The number of hydrogen-bond acceptors (Lipinski definition) is 4. The third-order valence-corrected chi connectivity index (χ3v) is 1.30. The molecule has 0 saturated heterocycles. The predicted octanol–water partition coefficient (Wildman–Crippen LogP) is 0.544. The fourth-order valence-corrected chi connectivity index (χ4v) is 0.763. The lowest BCUT2D eigenvalue weighted by molar-refractivity contribution is -0.158. The van der Waals surface area contributed by atoms with Gasteiger partial charge in [0, 0.05) is 6.61 Å². The molecule has 0 aliphatic rings. The maximum absolute atomic E-state index is 11.0. The van der Waals surface area contributed by atoms with E-state index in [1.165, 1.54) is 0 Å². The summed E-state index contributed by atoms with van der Waals surface area (Å²) in [5, 5.41) is 0. The second-order valence-electron chi connectivity index (χ2n) is 2.15. The summed E-state index contributed by atoms with van der Waals surface area (Å²) in [6, 6.07) is 0. The van der Waals surface area contributed by atoms with E-state index in [1.54, 1.807) is 6.92 Å². The molecule has 1 atom stereocenters. The molecule has 12 heavy (non-hydrogen) atoms. The van der Waals surface area contributed by atoms with Gasteiger partial charge in [-0.3, -0.25) is 4.79 Å². The molecule has 0 bridgehead atoms. The van der Waals surface area contributed by atoms with E-state index in [-0.39, 0.29) is 6.61 Å². The SMILES string of the molecule is CCOC(CC)C(=O)OCC=O. The number of rotatable bonds is 6. The smallest absolute Gasteiger partial charge is 0.335 e. The van der Waals surface area contributed by atoms with Crippen LogP contribution in [0.2, 0.25) is 0 Å². The number of ether oxygens (including phenoxy) is 2. The number of carbonyl (C=O) groups is 2. The average Bonchev–Trinajstić information content (AvgIpc) is 2.10. The second-order valence-corrected chi connectivity index (χ2v) is 2.15. The van der Waals surface area contributed by atoms with Gasteiger partial charge in [0.1, 0.15) is 6.61 Å². The zero-order chi connectivity index (χ0) is 9.40. The third kappa shape index (κ3) is 4.08. The van der Waals surface area contributed by atoms with Crippen LogP contribution in [0.25, 0.3) is 0 Å². The highest BCUT2D eigenvalue weighted by Gasteiger charge is 2.17. The molecule has 4 nitrogen and oxygen atoms in total. The van der Waals surface area contributed by atoms with Crippen LogP contribution in [-0.4, -0.2) is 31.6 Å². The largest absolute Gasteiger partial charge is 0.456 e. The Balaban J connectivity index is 3.76. The third-order valence-electron chi connectivity index (χ3n) is 1.30. The van der Waals surface area contributed by atoms with Crippen molar-refractivity contribution in [2.45, 2.75) is 26.4 Å². The van der Waals surface area contributed by atoms with Gasteiger partial charge in [0.05, 0.1) is 0 Å². The first-order chi connectivity index (χ1) is 5.76. The maximum atomic E-state index is 11.0. The van der Waals surface area contributed by atoms with Crippen LogP contribution in [0.15, 0.2) is 0 Å². The fraction of sp³-hybridized carbons (Fsp3) is 0.750. The van der Waals surface area contributed by atoms with Crippen molar-refractivity contribution in [3.05, 3.63) is 0 Å². The number of hydrogen-bond donors (Lipinski definition) is 0. The Bertz CT molecular complexity index is 144. The Morgan fingerprint density at radius 1 is 1.50 bits per heavy atom. The number of aldehydes is 1. The highest BCUT2D eigenvalue weighted by atomic mass is 16.6. The van der Waals surface area contributed by atoms with Crippen molar-refractivity contribution in [1.82, 2.24) is 0 Å². The van der Waals surface area contributed by atoms with Gasteiger partial charge in [-0.05, 0) is 13.3 Å². The first kappa shape index (κ1) is 11.1. The number of carbonyl (C=O) groups excluding carboxylic acids is 2. The van der Waals surface area contributed by atoms with Crippen LogP contribution in [-0.2, 0) is 19.1 Å². The summed E-state index contributed by atoms with van der Waals surface area (Å²) in [6.07, 6.45) is 0.567. The highest BCUT2D eigenvalue weighted by molar-refractivity contribution is 5.76. The first-order valence-corrected chi connectivity index (χ1v) is 3.98. The molecular weight excluding hydrogens is 160 g/mol. The molecule has 0 amide bonds. The molecule has 0 aromatic rings. The molecule has 0 aliphatic carbocycles. The molecule has 70 valence electrons. The number of esters is 1. The van der Waals surface area contributed by atoms with Crippen LogP contribution in [0, 0.1) is 0 Å². The van der Waals surface area contributed by atoms with E-state index >= 15 is 0 Å². The Labute approximate surface area is 71.8 Å². The van der Waals surface area contributed by atoms with Crippen molar-refractivity contribution in [1.29, 1.82) is 0 Å². The molecular formula is C8H14O4. The molecule has 0 aromatic carbocycles. The minimum absolute atomic E-state index is 0.192. The van der Waals surface area contributed by atoms with E-state index in [1.807, 2.05) is 6.92 Å². The lowest BCUT2D eigenvalue weighted by Gasteiger charge is -2.12. The van der Waals surface area contributed by atoms with Gasteiger partial charge in [0.15, 0.2) is 12.4 Å². The monoisotopic (exact) mass is 174 g/mol. The van der Waals surface area contributed by atoms with Crippen molar-refractivity contribution in [2.75, 3.05) is 13.2 Å². The van der Waals surface area contributed by atoms with E-state index < -0.39 is 12.1 Å². The fourth-order valence-electron chi connectivity index (χ4n) is 0.763. The molecule has 0 N–H and O–H groups in total. The Hall–Kier alpha value is -0.900. The van der Waals surface area contributed by atoms with Crippen LogP contribution in [0.5, 0.6) is 0 Å². The normalized spacial score (nSPS) is 12.2.